The summed E-state index contributed by atoms with van der Waals surface area (Å²) in [5, 5.41) is 9.60. The molecule has 136 valence electrons. The Morgan fingerprint density at radius 1 is 1.15 bits per heavy atom. The Bertz CT molecular complexity index is 1180. The van der Waals surface area contributed by atoms with Crippen LogP contribution in [0.1, 0.15) is 29.1 Å². The normalized spacial score (nSPS) is 12.4. The Hall–Kier alpha value is -2.93. The van der Waals surface area contributed by atoms with Crippen LogP contribution in [0.3, 0.4) is 0 Å². The van der Waals surface area contributed by atoms with Crippen molar-refractivity contribution in [3.8, 4) is 5.69 Å². The number of aryl methyl sites for hydroxylation is 2. The van der Waals surface area contributed by atoms with Crippen LogP contribution in [0.4, 0.5) is 0 Å². The van der Waals surface area contributed by atoms with E-state index in [0.717, 1.165) is 16.4 Å². The average molecular weight is 377 g/mol. The number of aromatic nitrogens is 5. The first-order valence-corrected chi connectivity index (χ1v) is 9.54. The van der Waals surface area contributed by atoms with Crippen molar-refractivity contribution in [3.05, 3.63) is 76.1 Å². The van der Waals surface area contributed by atoms with Crippen molar-refractivity contribution < 1.29 is 0 Å². The summed E-state index contributed by atoms with van der Waals surface area (Å²) in [5.74, 6) is 0.624. The standard InChI is InChI=1S/C20H19N5OS/c1-12-8-9-17(13(2)10-12)25-11-21-24-20(25)27-14(3)18-22-16-7-5-4-6-15(16)19(26)23-18/h4-11,14H,1-3H3,(H,22,23,26)/t14-/m1/s1. The van der Waals surface area contributed by atoms with Gasteiger partial charge < -0.3 is 4.98 Å². The molecular formula is C20H19N5OS. The summed E-state index contributed by atoms with van der Waals surface area (Å²) >= 11 is 1.51. The summed E-state index contributed by atoms with van der Waals surface area (Å²) in [6.45, 7) is 6.14. The first-order chi connectivity index (χ1) is 13.0. The zero-order valence-electron chi connectivity index (χ0n) is 15.3. The highest BCUT2D eigenvalue weighted by atomic mass is 32.2. The molecule has 0 aliphatic heterocycles. The fraction of sp³-hybridized carbons (Fsp3) is 0.200. The maximum atomic E-state index is 12.3. The van der Waals surface area contributed by atoms with Crippen molar-refractivity contribution in [2.45, 2.75) is 31.2 Å². The van der Waals surface area contributed by atoms with E-state index in [-0.39, 0.29) is 10.8 Å². The Kier molecular flexibility index (Phi) is 4.53. The number of fused-ring (bicyclic) bond motifs is 1. The number of rotatable bonds is 4. The Labute approximate surface area is 160 Å². The third-order valence-electron chi connectivity index (χ3n) is 4.43. The first kappa shape index (κ1) is 17.5. The van der Waals surface area contributed by atoms with Gasteiger partial charge in [-0.15, -0.1) is 10.2 Å². The summed E-state index contributed by atoms with van der Waals surface area (Å²) < 4.78 is 1.97. The lowest BCUT2D eigenvalue weighted by molar-refractivity contribution is 0.857. The lowest BCUT2D eigenvalue weighted by Gasteiger charge is -2.13. The Morgan fingerprint density at radius 3 is 2.78 bits per heavy atom. The van der Waals surface area contributed by atoms with Gasteiger partial charge in [0, 0.05) is 0 Å². The van der Waals surface area contributed by atoms with Crippen molar-refractivity contribution in [1.29, 1.82) is 0 Å². The lowest BCUT2D eigenvalue weighted by atomic mass is 10.1. The van der Waals surface area contributed by atoms with Gasteiger partial charge in [0.15, 0.2) is 5.16 Å². The number of hydrogen-bond acceptors (Lipinski definition) is 5. The van der Waals surface area contributed by atoms with Gasteiger partial charge in [0.2, 0.25) is 0 Å². The van der Waals surface area contributed by atoms with Gasteiger partial charge >= 0.3 is 0 Å². The van der Waals surface area contributed by atoms with Crippen LogP contribution in [0, 0.1) is 13.8 Å². The minimum Gasteiger partial charge on any atom is -0.309 e. The molecule has 7 heteroatoms. The van der Waals surface area contributed by atoms with Crippen LogP contribution >= 0.6 is 11.8 Å². The third-order valence-corrected chi connectivity index (χ3v) is 5.49. The minimum absolute atomic E-state index is 0.0870. The van der Waals surface area contributed by atoms with E-state index in [4.69, 9.17) is 0 Å². The number of H-pyrrole nitrogens is 1. The van der Waals surface area contributed by atoms with Crippen LogP contribution < -0.4 is 5.56 Å². The van der Waals surface area contributed by atoms with Crippen LogP contribution in [-0.2, 0) is 0 Å². The Morgan fingerprint density at radius 2 is 1.96 bits per heavy atom. The van der Waals surface area contributed by atoms with Crippen molar-refractivity contribution in [2.75, 3.05) is 0 Å². The number of benzene rings is 2. The van der Waals surface area contributed by atoms with Crippen molar-refractivity contribution in [3.63, 3.8) is 0 Å². The highest BCUT2D eigenvalue weighted by Gasteiger charge is 2.17. The summed E-state index contributed by atoms with van der Waals surface area (Å²) in [6.07, 6.45) is 1.71. The molecule has 1 N–H and O–H groups in total. The van der Waals surface area contributed by atoms with E-state index in [0.29, 0.717) is 16.7 Å². The van der Waals surface area contributed by atoms with Crippen molar-refractivity contribution in [1.82, 2.24) is 24.7 Å². The molecule has 0 aliphatic carbocycles. The van der Waals surface area contributed by atoms with E-state index in [1.54, 1.807) is 12.4 Å². The van der Waals surface area contributed by atoms with Gasteiger partial charge in [-0.1, -0.05) is 41.6 Å². The zero-order valence-corrected chi connectivity index (χ0v) is 16.1. The number of aromatic amines is 1. The van der Waals surface area contributed by atoms with Gasteiger partial charge in [0.25, 0.3) is 5.56 Å². The fourth-order valence-corrected chi connectivity index (χ4v) is 3.95. The van der Waals surface area contributed by atoms with Crippen LogP contribution in [0.2, 0.25) is 0 Å². The van der Waals surface area contributed by atoms with Crippen LogP contribution in [0.5, 0.6) is 0 Å². The van der Waals surface area contributed by atoms with E-state index in [1.165, 1.54) is 17.3 Å². The number of nitrogens with zero attached hydrogens (tertiary/aromatic N) is 4. The van der Waals surface area contributed by atoms with Gasteiger partial charge in [0.1, 0.15) is 12.2 Å². The third kappa shape index (κ3) is 3.38. The van der Waals surface area contributed by atoms with E-state index < -0.39 is 0 Å². The molecule has 1 atom stereocenters. The van der Waals surface area contributed by atoms with Crippen LogP contribution in [0.25, 0.3) is 16.6 Å². The molecule has 0 saturated heterocycles. The molecule has 0 bridgehead atoms. The predicted molar refractivity (Wildman–Crippen MR) is 107 cm³/mol. The van der Waals surface area contributed by atoms with E-state index in [1.807, 2.05) is 29.7 Å². The SMILES string of the molecule is Cc1ccc(-n2cnnc2S[C@H](C)c2nc3ccccc3c(=O)[nH]2)c(C)c1. The van der Waals surface area contributed by atoms with Gasteiger partial charge in [-0.3, -0.25) is 9.36 Å². The summed E-state index contributed by atoms with van der Waals surface area (Å²) in [7, 11) is 0. The highest BCUT2D eigenvalue weighted by Crippen LogP contribution is 2.33. The van der Waals surface area contributed by atoms with E-state index >= 15 is 0 Å². The first-order valence-electron chi connectivity index (χ1n) is 8.66. The Balaban J connectivity index is 1.68. The number of thioether (sulfide) groups is 1. The number of nitrogens with one attached hydrogen (secondary N) is 1. The summed E-state index contributed by atoms with van der Waals surface area (Å²) in [6, 6.07) is 13.6. The van der Waals surface area contributed by atoms with Gasteiger partial charge in [0.05, 0.1) is 21.8 Å². The van der Waals surface area contributed by atoms with Crippen LogP contribution in [-0.4, -0.2) is 24.7 Å². The second kappa shape index (κ2) is 7.00. The molecule has 2 aromatic heterocycles. The van der Waals surface area contributed by atoms with Gasteiger partial charge in [-0.25, -0.2) is 4.98 Å². The topological polar surface area (TPSA) is 76.5 Å². The molecule has 0 amide bonds. The van der Waals surface area contributed by atoms with Gasteiger partial charge in [-0.2, -0.15) is 0 Å². The maximum Gasteiger partial charge on any atom is 0.258 e. The van der Waals surface area contributed by atoms with Gasteiger partial charge in [-0.05, 0) is 44.5 Å². The number of hydrogen-bond donors (Lipinski definition) is 1. The van der Waals surface area contributed by atoms with Crippen molar-refractivity contribution in [2.24, 2.45) is 0 Å². The second-order valence-electron chi connectivity index (χ2n) is 6.50. The molecule has 4 rings (SSSR count). The molecule has 27 heavy (non-hydrogen) atoms. The second-order valence-corrected chi connectivity index (χ2v) is 7.81. The van der Waals surface area contributed by atoms with Crippen molar-refractivity contribution >= 4 is 22.7 Å². The molecule has 0 aliphatic rings. The summed E-state index contributed by atoms with van der Waals surface area (Å²) in [5.41, 5.74) is 3.98. The zero-order chi connectivity index (χ0) is 19.0. The molecule has 2 heterocycles. The molecule has 0 spiro atoms. The predicted octanol–water partition coefficient (Wildman–Crippen LogP) is 3.97. The molecule has 0 saturated carbocycles. The fourth-order valence-electron chi connectivity index (χ4n) is 3.06. The molecule has 6 nitrogen and oxygen atoms in total. The molecule has 4 aromatic rings. The maximum absolute atomic E-state index is 12.3. The molecular weight excluding hydrogens is 358 g/mol. The molecule has 0 fully saturated rings. The monoisotopic (exact) mass is 377 g/mol. The number of para-hydroxylation sites is 1. The highest BCUT2D eigenvalue weighted by molar-refractivity contribution is 7.99. The largest absolute Gasteiger partial charge is 0.309 e. The quantitative estimate of drug-likeness (QED) is 0.545. The van der Waals surface area contributed by atoms with E-state index in [2.05, 4.69) is 52.2 Å². The average Bonchev–Trinajstić information content (AvgIpc) is 3.09. The minimum atomic E-state index is -0.126. The van der Waals surface area contributed by atoms with E-state index in [9.17, 15) is 4.79 Å². The lowest BCUT2D eigenvalue weighted by Crippen LogP contribution is -2.13. The smallest absolute Gasteiger partial charge is 0.258 e. The molecule has 0 unspecified atom stereocenters. The summed E-state index contributed by atoms with van der Waals surface area (Å²) in [4.78, 5) is 19.8. The molecule has 0 radical (unpaired) electrons. The molecule has 2 aromatic carbocycles. The van der Waals surface area contributed by atoms with Crippen LogP contribution in [0.15, 0.2) is 58.7 Å².